The van der Waals surface area contributed by atoms with Crippen molar-refractivity contribution in [2.24, 2.45) is 0 Å². The summed E-state index contributed by atoms with van der Waals surface area (Å²) in [6, 6.07) is 11.7. The van der Waals surface area contributed by atoms with Gasteiger partial charge in [0, 0.05) is 10.6 Å². The summed E-state index contributed by atoms with van der Waals surface area (Å²) in [7, 11) is 0. The Morgan fingerprint density at radius 1 is 1.08 bits per heavy atom. The number of hydrogen-bond donors (Lipinski definition) is 1. The van der Waals surface area contributed by atoms with E-state index in [4.69, 9.17) is 27.9 Å². The predicted molar refractivity (Wildman–Crippen MR) is 95.1 cm³/mol. The zero-order valence-electron chi connectivity index (χ0n) is 13.0. The minimum absolute atomic E-state index is 0.432. The number of aryl methyl sites for hydroxylation is 1. The average molecular weight is 363 g/mol. The van der Waals surface area contributed by atoms with Gasteiger partial charge >= 0.3 is 0 Å². The molecule has 0 saturated carbocycles. The molecule has 1 aromatic heterocycles. The molecule has 0 bridgehead atoms. The van der Waals surface area contributed by atoms with Crippen LogP contribution in [-0.2, 0) is 13.2 Å². The highest BCUT2D eigenvalue weighted by Crippen LogP contribution is 2.33. The number of nitrogens with one attached hydrogen (secondary N) is 1. The van der Waals surface area contributed by atoms with Gasteiger partial charge in [-0.05, 0) is 24.6 Å². The van der Waals surface area contributed by atoms with Crippen LogP contribution in [0.1, 0.15) is 16.7 Å². The topological polar surface area (TPSA) is 52.0 Å². The molecule has 124 valence electrons. The Morgan fingerprint density at radius 2 is 1.79 bits per heavy atom. The summed E-state index contributed by atoms with van der Waals surface area (Å²) >= 11 is 12.4. The third kappa shape index (κ3) is 4.19. The molecule has 1 N–H and O–H groups in total. The van der Waals surface area contributed by atoms with Crippen molar-refractivity contribution in [3.05, 3.63) is 75.8 Å². The first kappa shape index (κ1) is 16.6. The fraction of sp³-hybridized carbons (Fsp3) is 0.176. The van der Waals surface area contributed by atoms with E-state index in [9.17, 15) is 0 Å². The van der Waals surface area contributed by atoms with Gasteiger partial charge in [-0.1, -0.05) is 53.0 Å². The quantitative estimate of drug-likeness (QED) is 0.713. The van der Waals surface area contributed by atoms with Gasteiger partial charge in [-0.15, -0.1) is 10.2 Å². The minimum Gasteiger partial charge on any atom is -0.487 e. The van der Waals surface area contributed by atoms with Gasteiger partial charge in [-0.3, -0.25) is 0 Å². The highest BCUT2D eigenvalue weighted by atomic mass is 35.5. The summed E-state index contributed by atoms with van der Waals surface area (Å²) in [5.41, 5.74) is 6.27. The minimum atomic E-state index is 0.432. The molecular formula is C17H16Cl2N4O. The van der Waals surface area contributed by atoms with Gasteiger partial charge in [0.25, 0.3) is 0 Å². The highest BCUT2D eigenvalue weighted by molar-refractivity contribution is 6.35. The fourth-order valence-electron chi connectivity index (χ4n) is 2.21. The van der Waals surface area contributed by atoms with Crippen LogP contribution in [0.2, 0.25) is 10.0 Å². The molecule has 1 heterocycles. The number of rotatable bonds is 6. The molecule has 0 amide bonds. The molecule has 0 radical (unpaired) electrons. The van der Waals surface area contributed by atoms with E-state index in [1.807, 2.05) is 18.2 Å². The molecule has 5 nitrogen and oxygen atoms in total. The summed E-state index contributed by atoms with van der Waals surface area (Å²) in [4.78, 5) is 0. The van der Waals surface area contributed by atoms with Crippen LogP contribution in [0, 0.1) is 6.92 Å². The third-order valence-corrected chi connectivity index (χ3v) is 3.96. The van der Waals surface area contributed by atoms with Gasteiger partial charge in [0.2, 0.25) is 0 Å². The Bertz CT molecular complexity index is 804. The first-order valence-corrected chi connectivity index (χ1v) is 8.12. The van der Waals surface area contributed by atoms with E-state index in [0.717, 1.165) is 11.1 Å². The van der Waals surface area contributed by atoms with Gasteiger partial charge in [-0.25, -0.2) is 4.68 Å². The van der Waals surface area contributed by atoms with Gasteiger partial charge < -0.3 is 10.2 Å². The van der Waals surface area contributed by atoms with Crippen LogP contribution in [0.3, 0.4) is 0 Å². The number of aromatic nitrogens is 3. The monoisotopic (exact) mass is 362 g/mol. The van der Waals surface area contributed by atoms with Crippen molar-refractivity contribution in [3.8, 4) is 5.75 Å². The van der Waals surface area contributed by atoms with Gasteiger partial charge in [0.1, 0.15) is 25.0 Å². The predicted octanol–water partition coefficient (Wildman–Crippen LogP) is 4.22. The lowest BCUT2D eigenvalue weighted by Gasteiger charge is -2.15. The van der Waals surface area contributed by atoms with Crippen LogP contribution in [0.15, 0.2) is 49.1 Å². The normalized spacial score (nSPS) is 10.6. The van der Waals surface area contributed by atoms with E-state index in [2.05, 4.69) is 34.7 Å². The molecule has 0 aliphatic carbocycles. The first-order valence-electron chi connectivity index (χ1n) is 7.36. The Kier molecular flexibility index (Phi) is 5.23. The largest absolute Gasteiger partial charge is 0.487 e. The molecule has 2 aromatic carbocycles. The summed E-state index contributed by atoms with van der Waals surface area (Å²) in [6.07, 6.45) is 3.14. The zero-order valence-corrected chi connectivity index (χ0v) is 14.6. The fourth-order valence-corrected chi connectivity index (χ4v) is 2.80. The number of nitrogens with zero attached hydrogens (tertiary/aromatic N) is 3. The van der Waals surface area contributed by atoms with Crippen molar-refractivity contribution >= 4 is 23.2 Å². The Morgan fingerprint density at radius 3 is 2.50 bits per heavy atom. The van der Waals surface area contributed by atoms with Crippen molar-refractivity contribution in [1.82, 2.24) is 14.9 Å². The van der Waals surface area contributed by atoms with Crippen molar-refractivity contribution in [1.29, 1.82) is 0 Å². The second kappa shape index (κ2) is 7.55. The Labute approximate surface area is 150 Å². The van der Waals surface area contributed by atoms with Crippen molar-refractivity contribution in [2.75, 3.05) is 5.43 Å². The van der Waals surface area contributed by atoms with E-state index >= 15 is 0 Å². The van der Waals surface area contributed by atoms with Crippen molar-refractivity contribution in [3.63, 3.8) is 0 Å². The average Bonchev–Trinajstić information content (AvgIpc) is 3.07. The standard InChI is InChI=1S/C17H16Cl2N4O/c1-12-2-4-13(5-3-12)9-24-17-14(6-15(18)7-16(17)19)8-22-23-10-20-21-11-23/h2-7,10-11,22H,8-9H2,1H3. The number of halogens is 2. The number of ether oxygens (including phenoxy) is 1. The highest BCUT2D eigenvalue weighted by Gasteiger charge is 2.11. The maximum atomic E-state index is 6.32. The van der Waals surface area contributed by atoms with Gasteiger partial charge in [0.05, 0.1) is 11.6 Å². The van der Waals surface area contributed by atoms with E-state index in [-0.39, 0.29) is 0 Å². The molecule has 0 atom stereocenters. The van der Waals surface area contributed by atoms with Crippen molar-refractivity contribution < 1.29 is 4.74 Å². The van der Waals surface area contributed by atoms with Crippen LogP contribution in [0.25, 0.3) is 0 Å². The SMILES string of the molecule is Cc1ccc(COc2c(Cl)cc(Cl)cc2CNn2cnnc2)cc1. The van der Waals surface area contributed by atoms with E-state index < -0.39 is 0 Å². The summed E-state index contributed by atoms with van der Waals surface area (Å²) in [6.45, 7) is 2.96. The van der Waals surface area contributed by atoms with Gasteiger partial charge in [-0.2, -0.15) is 0 Å². The summed E-state index contributed by atoms with van der Waals surface area (Å²) < 4.78 is 7.60. The first-order chi connectivity index (χ1) is 11.6. The summed E-state index contributed by atoms with van der Waals surface area (Å²) in [5.74, 6) is 0.613. The van der Waals surface area contributed by atoms with Gasteiger partial charge in [0.15, 0.2) is 0 Å². The molecule has 0 aliphatic heterocycles. The number of hydrogen-bond acceptors (Lipinski definition) is 4. The van der Waals surface area contributed by atoms with E-state index in [1.165, 1.54) is 5.56 Å². The molecule has 0 saturated heterocycles. The summed E-state index contributed by atoms with van der Waals surface area (Å²) in [5, 5.41) is 8.52. The van der Waals surface area contributed by atoms with Crippen LogP contribution in [0.4, 0.5) is 0 Å². The van der Waals surface area contributed by atoms with E-state index in [1.54, 1.807) is 23.4 Å². The second-order valence-corrected chi connectivity index (χ2v) is 6.20. The van der Waals surface area contributed by atoms with Crippen LogP contribution in [0.5, 0.6) is 5.75 Å². The lowest BCUT2D eigenvalue weighted by atomic mass is 10.1. The van der Waals surface area contributed by atoms with Crippen LogP contribution < -0.4 is 10.2 Å². The van der Waals surface area contributed by atoms with E-state index in [0.29, 0.717) is 28.9 Å². The number of benzene rings is 2. The molecule has 3 rings (SSSR count). The lowest BCUT2D eigenvalue weighted by Crippen LogP contribution is -2.13. The maximum absolute atomic E-state index is 6.32. The Hall–Kier alpha value is -2.24. The second-order valence-electron chi connectivity index (χ2n) is 5.35. The molecule has 3 aromatic rings. The molecule has 24 heavy (non-hydrogen) atoms. The van der Waals surface area contributed by atoms with Crippen LogP contribution >= 0.6 is 23.2 Å². The smallest absolute Gasteiger partial charge is 0.143 e. The Balaban J connectivity index is 1.76. The molecule has 0 spiro atoms. The maximum Gasteiger partial charge on any atom is 0.143 e. The van der Waals surface area contributed by atoms with Crippen LogP contribution in [-0.4, -0.2) is 14.9 Å². The molecule has 0 unspecified atom stereocenters. The van der Waals surface area contributed by atoms with Crippen molar-refractivity contribution in [2.45, 2.75) is 20.1 Å². The third-order valence-electron chi connectivity index (χ3n) is 3.46. The zero-order chi connectivity index (χ0) is 16.9. The lowest BCUT2D eigenvalue weighted by molar-refractivity contribution is 0.303. The molecule has 0 aliphatic rings. The molecular weight excluding hydrogens is 347 g/mol. The molecule has 0 fully saturated rings. The molecule has 7 heteroatoms.